The first-order chi connectivity index (χ1) is 13.8. The van der Waals surface area contributed by atoms with Crippen molar-refractivity contribution in [1.82, 2.24) is 15.1 Å². The van der Waals surface area contributed by atoms with Crippen LogP contribution < -0.4 is 11.1 Å². The van der Waals surface area contributed by atoms with Gasteiger partial charge < -0.3 is 10.6 Å². The van der Waals surface area contributed by atoms with Crippen molar-refractivity contribution >= 4 is 23.6 Å². The Bertz CT molecular complexity index is 895. The maximum absolute atomic E-state index is 14.7. The number of nitrogens with one attached hydrogen (secondary N) is 1. The third-order valence-electron chi connectivity index (χ3n) is 6.03. The number of carbonyl (C=O) groups is 4. The van der Waals surface area contributed by atoms with Gasteiger partial charge in [-0.2, -0.15) is 0 Å². The van der Waals surface area contributed by atoms with E-state index in [0.29, 0.717) is 38.0 Å². The van der Waals surface area contributed by atoms with Crippen molar-refractivity contribution in [1.29, 1.82) is 0 Å². The summed E-state index contributed by atoms with van der Waals surface area (Å²) < 4.78 is 14.7. The smallest absolute Gasteiger partial charge is 0.258 e. The summed E-state index contributed by atoms with van der Waals surface area (Å²) >= 11 is 0. The Labute approximate surface area is 167 Å². The van der Waals surface area contributed by atoms with Crippen molar-refractivity contribution in [2.75, 3.05) is 13.1 Å². The average Bonchev–Trinajstić information content (AvgIpc) is 2.99. The number of nitrogens with zero attached hydrogens (tertiary/aromatic N) is 2. The number of imide groups is 1. The third-order valence-corrected chi connectivity index (χ3v) is 6.03. The molecule has 0 bridgehead atoms. The average molecular weight is 402 g/mol. The number of halogens is 1. The number of nitrogens with two attached hydrogens (primary N) is 1. The van der Waals surface area contributed by atoms with Gasteiger partial charge in [0, 0.05) is 25.4 Å². The molecular weight excluding hydrogens is 379 g/mol. The quantitative estimate of drug-likeness (QED) is 0.703. The minimum Gasteiger partial charge on any atom is -0.369 e. The van der Waals surface area contributed by atoms with Crippen LogP contribution in [0.3, 0.4) is 0 Å². The standard InChI is InChI=1S/C20H23FN4O4/c21-14-8-11(9-24-5-3-12(4-6-24)18(22)27)7-13-10-25(20(29)17(13)14)15-1-2-16(26)23-19(15)28/h7-8,12,15H,1-6,9-10H2,(H2,22,27)(H,23,26,28). The molecule has 0 aliphatic carbocycles. The van der Waals surface area contributed by atoms with Gasteiger partial charge in [-0.3, -0.25) is 29.4 Å². The monoisotopic (exact) mass is 402 g/mol. The van der Waals surface area contributed by atoms with Crippen LogP contribution in [-0.4, -0.2) is 52.6 Å². The summed E-state index contributed by atoms with van der Waals surface area (Å²) in [5, 5.41) is 2.24. The maximum Gasteiger partial charge on any atom is 0.258 e. The summed E-state index contributed by atoms with van der Waals surface area (Å²) in [7, 11) is 0. The Morgan fingerprint density at radius 2 is 1.90 bits per heavy atom. The van der Waals surface area contributed by atoms with Crippen molar-refractivity contribution in [2.45, 2.75) is 44.8 Å². The fourth-order valence-electron chi connectivity index (χ4n) is 4.45. The molecule has 154 valence electrons. The van der Waals surface area contributed by atoms with Gasteiger partial charge in [0.2, 0.25) is 17.7 Å². The lowest BCUT2D eigenvalue weighted by Crippen LogP contribution is -2.52. The lowest BCUT2D eigenvalue weighted by atomic mass is 9.95. The highest BCUT2D eigenvalue weighted by molar-refractivity contribution is 6.05. The molecule has 29 heavy (non-hydrogen) atoms. The van der Waals surface area contributed by atoms with Crippen molar-refractivity contribution in [2.24, 2.45) is 11.7 Å². The Kier molecular flexibility index (Phi) is 5.08. The molecule has 1 atom stereocenters. The molecule has 0 spiro atoms. The molecule has 9 heteroatoms. The second-order valence-electron chi connectivity index (χ2n) is 7.96. The van der Waals surface area contributed by atoms with Crippen LogP contribution in [0.25, 0.3) is 0 Å². The van der Waals surface area contributed by atoms with Gasteiger partial charge in [-0.15, -0.1) is 0 Å². The maximum atomic E-state index is 14.7. The van der Waals surface area contributed by atoms with Gasteiger partial charge in [-0.25, -0.2) is 4.39 Å². The topological polar surface area (TPSA) is 113 Å². The lowest BCUT2D eigenvalue weighted by Gasteiger charge is -2.30. The number of carbonyl (C=O) groups excluding carboxylic acids is 4. The molecule has 4 amide bonds. The van der Waals surface area contributed by atoms with Gasteiger partial charge in [0.1, 0.15) is 11.9 Å². The number of hydrogen-bond acceptors (Lipinski definition) is 5. The SMILES string of the molecule is NC(=O)C1CCN(Cc2cc(F)c3c(c2)CN(C2CCC(=O)NC2=O)C3=O)CC1. The van der Waals surface area contributed by atoms with Crippen LogP contribution in [0.1, 0.15) is 47.2 Å². The van der Waals surface area contributed by atoms with Crippen molar-refractivity contribution in [3.63, 3.8) is 0 Å². The number of likely N-dealkylation sites (tertiary alicyclic amines) is 1. The molecule has 0 aromatic heterocycles. The number of benzene rings is 1. The van der Waals surface area contributed by atoms with E-state index in [2.05, 4.69) is 10.2 Å². The van der Waals surface area contributed by atoms with Gasteiger partial charge in [0.25, 0.3) is 5.91 Å². The molecule has 8 nitrogen and oxygen atoms in total. The zero-order chi connectivity index (χ0) is 20.7. The second kappa shape index (κ2) is 7.55. The normalized spacial score (nSPS) is 23.3. The van der Waals surface area contributed by atoms with E-state index in [4.69, 9.17) is 5.73 Å². The molecule has 0 saturated carbocycles. The van der Waals surface area contributed by atoms with Crippen LogP contribution in [0.2, 0.25) is 0 Å². The van der Waals surface area contributed by atoms with E-state index in [1.165, 1.54) is 11.0 Å². The summed E-state index contributed by atoms with van der Waals surface area (Å²) in [6.45, 7) is 2.07. The zero-order valence-electron chi connectivity index (χ0n) is 15.9. The van der Waals surface area contributed by atoms with Gasteiger partial charge >= 0.3 is 0 Å². The summed E-state index contributed by atoms with van der Waals surface area (Å²) in [6, 6.07) is 2.41. The molecule has 3 aliphatic heterocycles. The van der Waals surface area contributed by atoms with E-state index in [-0.39, 0.29) is 42.7 Å². The number of rotatable bonds is 4. The van der Waals surface area contributed by atoms with Crippen LogP contribution in [0.15, 0.2) is 12.1 Å². The summed E-state index contributed by atoms with van der Waals surface area (Å²) in [5.74, 6) is -2.36. The summed E-state index contributed by atoms with van der Waals surface area (Å²) in [4.78, 5) is 51.0. The number of primary amides is 1. The van der Waals surface area contributed by atoms with Gasteiger partial charge in [0.05, 0.1) is 5.56 Å². The fraction of sp³-hybridized carbons (Fsp3) is 0.500. The highest BCUT2D eigenvalue weighted by Gasteiger charge is 2.40. The first kappa shape index (κ1) is 19.5. The highest BCUT2D eigenvalue weighted by atomic mass is 19.1. The Hall–Kier alpha value is -2.81. The minimum absolute atomic E-state index is 0.00545. The number of amides is 4. The molecule has 1 aromatic rings. The van der Waals surface area contributed by atoms with E-state index < -0.39 is 23.7 Å². The largest absolute Gasteiger partial charge is 0.369 e. The van der Waals surface area contributed by atoms with E-state index in [1.807, 2.05) is 6.07 Å². The van der Waals surface area contributed by atoms with Crippen molar-refractivity contribution < 1.29 is 23.6 Å². The molecule has 3 N–H and O–H groups in total. The van der Waals surface area contributed by atoms with Crippen LogP contribution in [-0.2, 0) is 27.5 Å². The molecule has 1 unspecified atom stereocenters. The molecule has 4 rings (SSSR count). The van der Waals surface area contributed by atoms with Crippen LogP contribution in [0.4, 0.5) is 4.39 Å². The molecule has 2 saturated heterocycles. The van der Waals surface area contributed by atoms with Gasteiger partial charge in [-0.1, -0.05) is 6.07 Å². The molecular formula is C20H23FN4O4. The van der Waals surface area contributed by atoms with Crippen LogP contribution >= 0.6 is 0 Å². The molecule has 1 aromatic carbocycles. The molecule has 2 fully saturated rings. The molecule has 3 heterocycles. The zero-order valence-corrected chi connectivity index (χ0v) is 15.9. The van der Waals surface area contributed by atoms with E-state index in [0.717, 1.165) is 5.56 Å². The molecule has 3 aliphatic rings. The fourth-order valence-corrected chi connectivity index (χ4v) is 4.45. The van der Waals surface area contributed by atoms with Gasteiger partial charge in [-0.05, 0) is 49.5 Å². The van der Waals surface area contributed by atoms with E-state index >= 15 is 0 Å². The predicted octanol–water partition coefficient (Wildman–Crippen LogP) is 0.284. The van der Waals surface area contributed by atoms with Gasteiger partial charge in [0.15, 0.2) is 0 Å². The summed E-state index contributed by atoms with van der Waals surface area (Å²) in [5.41, 5.74) is 6.67. The lowest BCUT2D eigenvalue weighted by molar-refractivity contribution is -0.137. The Morgan fingerprint density at radius 1 is 1.17 bits per heavy atom. The van der Waals surface area contributed by atoms with Crippen LogP contribution in [0, 0.1) is 11.7 Å². The van der Waals surface area contributed by atoms with Crippen molar-refractivity contribution in [3.05, 3.63) is 34.6 Å². The Balaban J connectivity index is 1.47. The highest BCUT2D eigenvalue weighted by Crippen LogP contribution is 2.31. The van der Waals surface area contributed by atoms with Crippen LogP contribution in [0.5, 0.6) is 0 Å². The van der Waals surface area contributed by atoms with E-state index in [1.54, 1.807) is 0 Å². The number of hydrogen-bond donors (Lipinski definition) is 2. The number of fused-ring (bicyclic) bond motifs is 1. The summed E-state index contributed by atoms with van der Waals surface area (Å²) in [6.07, 6.45) is 1.77. The second-order valence-corrected chi connectivity index (χ2v) is 7.96. The van der Waals surface area contributed by atoms with E-state index in [9.17, 15) is 23.6 Å². The van der Waals surface area contributed by atoms with Crippen molar-refractivity contribution in [3.8, 4) is 0 Å². The minimum atomic E-state index is -0.761. The number of piperidine rings is 2. The third kappa shape index (κ3) is 3.74. The first-order valence-electron chi connectivity index (χ1n) is 9.81. The molecule has 0 radical (unpaired) electrons. The predicted molar refractivity (Wildman–Crippen MR) is 99.6 cm³/mol. The first-order valence-corrected chi connectivity index (χ1v) is 9.81. The Morgan fingerprint density at radius 3 is 2.55 bits per heavy atom.